The molecule has 0 bridgehead atoms. The van der Waals surface area contributed by atoms with Gasteiger partial charge in [-0.1, -0.05) is 6.58 Å². The van der Waals surface area contributed by atoms with Gasteiger partial charge in [0.25, 0.3) is 0 Å². The number of benzene rings is 1. The Kier molecular flexibility index (Phi) is 4.13. The van der Waals surface area contributed by atoms with Gasteiger partial charge < -0.3 is 9.47 Å². The maximum atomic E-state index is 11.1. The second-order valence-electron chi connectivity index (χ2n) is 4.15. The Hall–Kier alpha value is -2.36. The van der Waals surface area contributed by atoms with Crippen molar-refractivity contribution in [2.45, 2.75) is 6.92 Å². The molecule has 0 saturated carbocycles. The quantitative estimate of drug-likeness (QED) is 0.469. The first-order chi connectivity index (χ1) is 9.16. The Bertz CT molecular complexity index is 607. The van der Waals surface area contributed by atoms with Gasteiger partial charge in [0.15, 0.2) is 0 Å². The molecule has 4 heteroatoms. The van der Waals surface area contributed by atoms with Crippen LogP contribution in [0.25, 0.3) is 10.8 Å². The molecule has 0 amide bonds. The molecule has 0 saturated heterocycles. The van der Waals surface area contributed by atoms with Crippen LogP contribution in [0.1, 0.15) is 6.92 Å². The molecular weight excluding hydrogens is 242 g/mol. The highest BCUT2D eigenvalue weighted by Crippen LogP contribution is 2.19. The summed E-state index contributed by atoms with van der Waals surface area (Å²) in [7, 11) is 0. The third-order valence-electron chi connectivity index (χ3n) is 2.55. The molecule has 1 aromatic heterocycles. The second-order valence-corrected chi connectivity index (χ2v) is 4.15. The van der Waals surface area contributed by atoms with E-state index in [4.69, 9.17) is 9.47 Å². The number of rotatable bonds is 5. The number of carbonyl (C=O) groups is 1. The van der Waals surface area contributed by atoms with Crippen LogP contribution in [0, 0.1) is 0 Å². The molecule has 4 nitrogen and oxygen atoms in total. The number of hydrogen-bond acceptors (Lipinski definition) is 4. The number of ether oxygens (including phenoxy) is 2. The number of hydrogen-bond donors (Lipinski definition) is 0. The Balaban J connectivity index is 1.88. The van der Waals surface area contributed by atoms with Gasteiger partial charge in [0.1, 0.15) is 19.0 Å². The summed E-state index contributed by atoms with van der Waals surface area (Å²) in [6.07, 6.45) is 3.54. The smallest absolute Gasteiger partial charge is 0.333 e. The molecule has 1 heterocycles. The van der Waals surface area contributed by atoms with Crippen molar-refractivity contribution in [3.8, 4) is 5.75 Å². The van der Waals surface area contributed by atoms with Crippen molar-refractivity contribution < 1.29 is 14.3 Å². The monoisotopic (exact) mass is 257 g/mol. The molecule has 0 aliphatic heterocycles. The lowest BCUT2D eigenvalue weighted by molar-refractivity contribution is -0.139. The standard InChI is InChI=1S/C15H15NO3/c1-11(2)15(17)19-8-7-18-14-4-3-13-10-16-6-5-12(13)9-14/h3-6,9-10H,1,7-8H2,2H3. The van der Waals surface area contributed by atoms with Crippen LogP contribution in [0.3, 0.4) is 0 Å². The van der Waals surface area contributed by atoms with Gasteiger partial charge in [-0.2, -0.15) is 0 Å². The minimum atomic E-state index is -0.395. The normalized spacial score (nSPS) is 10.2. The molecule has 19 heavy (non-hydrogen) atoms. The highest BCUT2D eigenvalue weighted by atomic mass is 16.6. The Labute approximate surface area is 111 Å². The molecule has 0 fully saturated rings. The molecule has 0 spiro atoms. The third-order valence-corrected chi connectivity index (χ3v) is 2.55. The molecular formula is C15H15NO3. The predicted octanol–water partition coefficient (Wildman–Crippen LogP) is 2.73. The zero-order valence-electron chi connectivity index (χ0n) is 10.8. The van der Waals surface area contributed by atoms with E-state index in [1.807, 2.05) is 24.3 Å². The summed E-state index contributed by atoms with van der Waals surface area (Å²) in [5.74, 6) is 0.346. The van der Waals surface area contributed by atoms with Gasteiger partial charge in [-0.05, 0) is 36.6 Å². The summed E-state index contributed by atoms with van der Waals surface area (Å²) in [6.45, 7) is 5.64. The van der Waals surface area contributed by atoms with Crippen molar-refractivity contribution in [1.29, 1.82) is 0 Å². The van der Waals surface area contributed by atoms with Crippen LogP contribution in [0.15, 0.2) is 48.8 Å². The fraction of sp³-hybridized carbons (Fsp3) is 0.200. The van der Waals surface area contributed by atoms with E-state index in [0.717, 1.165) is 16.5 Å². The molecule has 98 valence electrons. The number of nitrogens with zero attached hydrogens (tertiary/aromatic N) is 1. The molecule has 0 N–H and O–H groups in total. The van der Waals surface area contributed by atoms with Crippen LogP contribution in [0.5, 0.6) is 5.75 Å². The average molecular weight is 257 g/mol. The lowest BCUT2D eigenvalue weighted by atomic mass is 10.2. The fourth-order valence-corrected chi connectivity index (χ4v) is 1.57. The Morgan fingerprint density at radius 2 is 2.11 bits per heavy atom. The van der Waals surface area contributed by atoms with Gasteiger partial charge in [-0.15, -0.1) is 0 Å². The molecule has 2 rings (SSSR count). The van der Waals surface area contributed by atoms with Crippen molar-refractivity contribution in [1.82, 2.24) is 4.98 Å². The van der Waals surface area contributed by atoms with Gasteiger partial charge in [-0.3, -0.25) is 4.98 Å². The van der Waals surface area contributed by atoms with Crippen LogP contribution in [0.2, 0.25) is 0 Å². The average Bonchev–Trinajstić information content (AvgIpc) is 2.43. The van der Waals surface area contributed by atoms with Crippen molar-refractivity contribution in [3.05, 3.63) is 48.8 Å². The lowest BCUT2D eigenvalue weighted by Crippen LogP contribution is -2.12. The zero-order chi connectivity index (χ0) is 13.7. The number of aromatic nitrogens is 1. The van der Waals surface area contributed by atoms with Crippen molar-refractivity contribution in [2.24, 2.45) is 0 Å². The van der Waals surface area contributed by atoms with Crippen molar-refractivity contribution >= 4 is 16.7 Å². The van der Waals surface area contributed by atoms with Crippen molar-refractivity contribution in [2.75, 3.05) is 13.2 Å². The highest BCUT2D eigenvalue weighted by Gasteiger charge is 2.02. The first kappa shape index (κ1) is 13.1. The van der Waals surface area contributed by atoms with Gasteiger partial charge in [0, 0.05) is 23.4 Å². The molecule has 1 aromatic carbocycles. The van der Waals surface area contributed by atoms with E-state index in [1.165, 1.54) is 0 Å². The Morgan fingerprint density at radius 1 is 1.26 bits per heavy atom. The molecule has 0 unspecified atom stereocenters. The minimum absolute atomic E-state index is 0.208. The fourth-order valence-electron chi connectivity index (χ4n) is 1.57. The predicted molar refractivity (Wildman–Crippen MR) is 73.0 cm³/mol. The molecule has 0 atom stereocenters. The van der Waals surface area contributed by atoms with E-state index >= 15 is 0 Å². The summed E-state index contributed by atoms with van der Waals surface area (Å²) in [4.78, 5) is 15.2. The number of carbonyl (C=O) groups excluding carboxylic acids is 1. The van der Waals surface area contributed by atoms with E-state index in [2.05, 4.69) is 11.6 Å². The van der Waals surface area contributed by atoms with Gasteiger partial charge in [0.05, 0.1) is 0 Å². The van der Waals surface area contributed by atoms with E-state index in [0.29, 0.717) is 12.2 Å². The van der Waals surface area contributed by atoms with Gasteiger partial charge >= 0.3 is 5.97 Å². The Morgan fingerprint density at radius 3 is 2.89 bits per heavy atom. The lowest BCUT2D eigenvalue weighted by Gasteiger charge is -2.08. The topological polar surface area (TPSA) is 48.4 Å². The molecule has 0 aliphatic rings. The van der Waals surface area contributed by atoms with E-state index in [1.54, 1.807) is 19.3 Å². The van der Waals surface area contributed by atoms with E-state index < -0.39 is 5.97 Å². The first-order valence-corrected chi connectivity index (χ1v) is 5.96. The SMILES string of the molecule is C=C(C)C(=O)OCCOc1ccc2cnccc2c1. The molecule has 0 radical (unpaired) electrons. The second kappa shape index (κ2) is 6.00. The number of pyridine rings is 1. The number of fused-ring (bicyclic) bond motifs is 1. The van der Waals surface area contributed by atoms with Crippen LogP contribution in [0.4, 0.5) is 0 Å². The number of esters is 1. The molecule has 2 aromatic rings. The van der Waals surface area contributed by atoms with Crippen LogP contribution < -0.4 is 4.74 Å². The van der Waals surface area contributed by atoms with Gasteiger partial charge in [0.2, 0.25) is 0 Å². The summed E-state index contributed by atoms with van der Waals surface area (Å²) in [5.41, 5.74) is 0.387. The van der Waals surface area contributed by atoms with Crippen molar-refractivity contribution in [3.63, 3.8) is 0 Å². The highest BCUT2D eigenvalue weighted by molar-refractivity contribution is 5.86. The van der Waals surface area contributed by atoms with Crippen LogP contribution in [-0.2, 0) is 9.53 Å². The summed E-state index contributed by atoms with van der Waals surface area (Å²) in [6, 6.07) is 7.66. The zero-order valence-corrected chi connectivity index (χ0v) is 10.8. The molecule has 0 aliphatic carbocycles. The largest absolute Gasteiger partial charge is 0.490 e. The summed E-state index contributed by atoms with van der Waals surface area (Å²) >= 11 is 0. The third kappa shape index (κ3) is 3.55. The summed E-state index contributed by atoms with van der Waals surface area (Å²) in [5, 5.41) is 2.12. The maximum absolute atomic E-state index is 11.1. The van der Waals surface area contributed by atoms with E-state index in [-0.39, 0.29) is 6.61 Å². The van der Waals surface area contributed by atoms with Crippen LogP contribution >= 0.6 is 0 Å². The van der Waals surface area contributed by atoms with Crippen LogP contribution in [-0.4, -0.2) is 24.2 Å². The van der Waals surface area contributed by atoms with Gasteiger partial charge in [-0.25, -0.2) is 4.79 Å². The summed E-state index contributed by atoms with van der Waals surface area (Å²) < 4.78 is 10.5. The minimum Gasteiger partial charge on any atom is -0.490 e. The van der Waals surface area contributed by atoms with E-state index in [9.17, 15) is 4.79 Å². The maximum Gasteiger partial charge on any atom is 0.333 e. The first-order valence-electron chi connectivity index (χ1n) is 5.96.